The SMILES string of the molecule is CCCN1C(N)=NCC12CCS(=O)(=O)c1ccccc12. The highest BCUT2D eigenvalue weighted by Crippen LogP contribution is 2.43. The van der Waals surface area contributed by atoms with E-state index in [0.29, 0.717) is 23.8 Å². The molecular formula is C14H19N3O2S. The minimum Gasteiger partial charge on any atom is -0.370 e. The predicted molar refractivity (Wildman–Crippen MR) is 78.3 cm³/mol. The van der Waals surface area contributed by atoms with Crippen molar-refractivity contribution in [1.82, 2.24) is 4.90 Å². The van der Waals surface area contributed by atoms with Gasteiger partial charge in [0.25, 0.3) is 0 Å². The van der Waals surface area contributed by atoms with Gasteiger partial charge in [0.15, 0.2) is 15.8 Å². The third-order valence-electron chi connectivity index (χ3n) is 4.25. The van der Waals surface area contributed by atoms with Crippen LogP contribution in [0.4, 0.5) is 0 Å². The first-order chi connectivity index (χ1) is 9.51. The second-order valence-corrected chi connectivity index (χ2v) is 7.50. The van der Waals surface area contributed by atoms with E-state index in [1.54, 1.807) is 12.1 Å². The fourth-order valence-corrected chi connectivity index (χ4v) is 4.97. The van der Waals surface area contributed by atoms with E-state index >= 15 is 0 Å². The molecule has 6 heteroatoms. The van der Waals surface area contributed by atoms with Crippen LogP contribution in [0.3, 0.4) is 0 Å². The molecule has 0 amide bonds. The van der Waals surface area contributed by atoms with Gasteiger partial charge in [-0.1, -0.05) is 25.1 Å². The van der Waals surface area contributed by atoms with Gasteiger partial charge in [-0.05, 0) is 24.5 Å². The van der Waals surface area contributed by atoms with Crippen LogP contribution in [-0.4, -0.2) is 38.1 Å². The Labute approximate surface area is 119 Å². The number of benzene rings is 1. The summed E-state index contributed by atoms with van der Waals surface area (Å²) in [4.78, 5) is 6.91. The Bertz CT molecular complexity index is 669. The van der Waals surface area contributed by atoms with Crippen LogP contribution in [0.5, 0.6) is 0 Å². The second kappa shape index (κ2) is 4.48. The van der Waals surface area contributed by atoms with Gasteiger partial charge >= 0.3 is 0 Å². The van der Waals surface area contributed by atoms with Gasteiger partial charge in [0.2, 0.25) is 0 Å². The topological polar surface area (TPSA) is 75.8 Å². The van der Waals surface area contributed by atoms with Crippen molar-refractivity contribution in [2.24, 2.45) is 10.7 Å². The van der Waals surface area contributed by atoms with Crippen molar-refractivity contribution in [3.05, 3.63) is 29.8 Å². The third-order valence-corrected chi connectivity index (χ3v) is 6.02. The van der Waals surface area contributed by atoms with Crippen LogP contribution < -0.4 is 5.73 Å². The number of fused-ring (bicyclic) bond motifs is 2. The Morgan fingerprint density at radius 2 is 2.15 bits per heavy atom. The lowest BCUT2D eigenvalue weighted by molar-refractivity contribution is 0.187. The molecule has 0 radical (unpaired) electrons. The molecule has 3 rings (SSSR count). The van der Waals surface area contributed by atoms with Crippen LogP contribution in [0.2, 0.25) is 0 Å². The van der Waals surface area contributed by atoms with Crippen molar-refractivity contribution < 1.29 is 8.42 Å². The lowest BCUT2D eigenvalue weighted by Crippen LogP contribution is -2.52. The Morgan fingerprint density at radius 1 is 1.40 bits per heavy atom. The molecule has 0 bridgehead atoms. The predicted octanol–water partition coefficient (Wildman–Crippen LogP) is 1.10. The highest BCUT2D eigenvalue weighted by Gasteiger charge is 2.49. The summed E-state index contributed by atoms with van der Waals surface area (Å²) in [6, 6.07) is 7.27. The van der Waals surface area contributed by atoms with Crippen molar-refractivity contribution >= 4 is 15.8 Å². The van der Waals surface area contributed by atoms with E-state index < -0.39 is 9.84 Å². The quantitative estimate of drug-likeness (QED) is 0.886. The van der Waals surface area contributed by atoms with Gasteiger partial charge in [-0.3, -0.25) is 4.99 Å². The molecule has 1 atom stereocenters. The van der Waals surface area contributed by atoms with Gasteiger partial charge < -0.3 is 10.6 Å². The first-order valence-electron chi connectivity index (χ1n) is 6.91. The Balaban J connectivity index is 2.17. The van der Waals surface area contributed by atoms with Crippen molar-refractivity contribution in [3.63, 3.8) is 0 Å². The summed E-state index contributed by atoms with van der Waals surface area (Å²) in [5.74, 6) is 0.688. The Hall–Kier alpha value is -1.56. The van der Waals surface area contributed by atoms with E-state index in [1.165, 1.54) is 0 Å². The van der Waals surface area contributed by atoms with E-state index in [9.17, 15) is 8.42 Å². The molecule has 1 aromatic carbocycles. The van der Waals surface area contributed by atoms with E-state index in [1.807, 2.05) is 12.1 Å². The fourth-order valence-electron chi connectivity index (χ4n) is 3.27. The van der Waals surface area contributed by atoms with Crippen LogP contribution in [0.15, 0.2) is 34.2 Å². The summed E-state index contributed by atoms with van der Waals surface area (Å²) < 4.78 is 24.5. The summed E-state index contributed by atoms with van der Waals surface area (Å²) >= 11 is 0. The average Bonchev–Trinajstić information content (AvgIpc) is 2.75. The molecular weight excluding hydrogens is 274 g/mol. The minimum atomic E-state index is -3.18. The number of nitrogens with two attached hydrogens (primary N) is 1. The zero-order valence-corrected chi connectivity index (χ0v) is 12.4. The van der Waals surface area contributed by atoms with Crippen molar-refractivity contribution in [3.8, 4) is 0 Å². The van der Waals surface area contributed by atoms with Gasteiger partial charge in [-0.15, -0.1) is 0 Å². The normalized spacial score (nSPS) is 27.4. The molecule has 0 aliphatic carbocycles. The van der Waals surface area contributed by atoms with E-state index in [4.69, 9.17) is 5.73 Å². The van der Waals surface area contributed by atoms with Crippen molar-refractivity contribution in [2.45, 2.75) is 30.2 Å². The monoisotopic (exact) mass is 293 g/mol. The number of hydrogen-bond donors (Lipinski definition) is 1. The van der Waals surface area contributed by atoms with E-state index in [-0.39, 0.29) is 11.3 Å². The Morgan fingerprint density at radius 3 is 2.90 bits per heavy atom. The first kappa shape index (κ1) is 13.4. The molecule has 5 nitrogen and oxygen atoms in total. The van der Waals surface area contributed by atoms with Crippen molar-refractivity contribution in [2.75, 3.05) is 18.8 Å². The maximum absolute atomic E-state index is 12.3. The first-order valence-corrected chi connectivity index (χ1v) is 8.56. The summed E-state index contributed by atoms with van der Waals surface area (Å²) in [5.41, 5.74) is 6.50. The molecule has 20 heavy (non-hydrogen) atoms. The largest absolute Gasteiger partial charge is 0.370 e. The van der Waals surface area contributed by atoms with Gasteiger partial charge in [0.05, 0.1) is 22.7 Å². The molecule has 2 N–H and O–H groups in total. The maximum atomic E-state index is 12.3. The lowest BCUT2D eigenvalue weighted by Gasteiger charge is -2.43. The maximum Gasteiger partial charge on any atom is 0.192 e. The van der Waals surface area contributed by atoms with Crippen LogP contribution in [0.1, 0.15) is 25.3 Å². The zero-order chi connectivity index (χ0) is 14.4. The number of sulfone groups is 1. The number of nitrogens with zero attached hydrogens (tertiary/aromatic N) is 2. The minimum absolute atomic E-state index is 0.160. The molecule has 1 unspecified atom stereocenters. The van der Waals surface area contributed by atoms with Crippen molar-refractivity contribution in [1.29, 1.82) is 0 Å². The van der Waals surface area contributed by atoms with Crippen LogP contribution in [0.25, 0.3) is 0 Å². The van der Waals surface area contributed by atoms with E-state index in [0.717, 1.165) is 18.5 Å². The van der Waals surface area contributed by atoms with Gasteiger partial charge in [0.1, 0.15) is 0 Å². The average molecular weight is 293 g/mol. The van der Waals surface area contributed by atoms with E-state index in [2.05, 4.69) is 16.8 Å². The molecule has 2 heterocycles. The summed E-state index contributed by atoms with van der Waals surface area (Å²) in [6.07, 6.45) is 1.50. The third kappa shape index (κ3) is 1.74. The number of rotatable bonds is 2. The van der Waals surface area contributed by atoms with Crippen LogP contribution in [0, 0.1) is 0 Å². The zero-order valence-electron chi connectivity index (χ0n) is 11.5. The second-order valence-electron chi connectivity index (χ2n) is 5.42. The molecule has 2 aliphatic rings. The standard InChI is InChI=1S/C14H19N3O2S/c1-2-8-17-13(15)16-10-14(17)7-9-20(18,19)12-6-4-3-5-11(12)14/h3-6H,2,7-10H2,1H3,(H2,15,16). The smallest absolute Gasteiger partial charge is 0.192 e. The summed E-state index contributed by atoms with van der Waals surface area (Å²) in [5, 5.41) is 0. The molecule has 1 spiro atoms. The van der Waals surface area contributed by atoms with Crippen LogP contribution >= 0.6 is 0 Å². The highest BCUT2D eigenvalue weighted by molar-refractivity contribution is 7.91. The molecule has 0 aromatic heterocycles. The van der Waals surface area contributed by atoms with Gasteiger partial charge in [0, 0.05) is 6.54 Å². The fraction of sp³-hybridized carbons (Fsp3) is 0.500. The highest BCUT2D eigenvalue weighted by atomic mass is 32.2. The molecule has 0 fully saturated rings. The molecule has 0 saturated heterocycles. The Kier molecular flexibility index (Phi) is 3.01. The van der Waals surface area contributed by atoms with Gasteiger partial charge in [-0.25, -0.2) is 8.42 Å². The molecule has 1 aromatic rings. The number of aliphatic imine (C=N–C) groups is 1. The lowest BCUT2D eigenvalue weighted by atomic mass is 9.85. The van der Waals surface area contributed by atoms with Crippen LogP contribution in [-0.2, 0) is 15.4 Å². The summed E-state index contributed by atoms with van der Waals surface area (Å²) in [7, 11) is -3.18. The molecule has 0 saturated carbocycles. The number of hydrogen-bond acceptors (Lipinski definition) is 5. The number of guanidine groups is 1. The molecule has 108 valence electrons. The molecule has 2 aliphatic heterocycles. The summed E-state index contributed by atoms with van der Waals surface area (Å²) in [6.45, 7) is 3.43. The van der Waals surface area contributed by atoms with Gasteiger partial charge in [-0.2, -0.15) is 0 Å².